The van der Waals surface area contributed by atoms with Crippen LogP contribution in [0.3, 0.4) is 0 Å². The number of carbonyl (C=O) groups excluding carboxylic acids is 1. The number of rotatable bonds is 5. The molecule has 0 N–H and O–H groups in total. The third-order valence-corrected chi connectivity index (χ3v) is 6.19. The van der Waals surface area contributed by atoms with E-state index in [-0.39, 0.29) is 12.5 Å². The molecule has 0 radical (unpaired) electrons. The van der Waals surface area contributed by atoms with E-state index in [0.29, 0.717) is 19.0 Å². The van der Waals surface area contributed by atoms with Gasteiger partial charge in [-0.3, -0.25) is 9.48 Å². The molecular formula is C27H32N4O2. The molecule has 0 fully saturated rings. The molecule has 0 atom stereocenters. The molecule has 0 saturated carbocycles. The average molecular weight is 445 g/mol. The van der Waals surface area contributed by atoms with Gasteiger partial charge >= 0.3 is 0 Å². The summed E-state index contributed by atoms with van der Waals surface area (Å²) in [5, 5.41) is 4.76. The first-order chi connectivity index (χ1) is 16.1. The first-order valence-corrected chi connectivity index (χ1v) is 11.7. The second-order valence-corrected chi connectivity index (χ2v) is 8.49. The Morgan fingerprint density at radius 1 is 1.18 bits per heavy atom. The van der Waals surface area contributed by atoms with Crippen molar-refractivity contribution in [1.29, 1.82) is 0 Å². The number of benzene rings is 1. The second kappa shape index (κ2) is 10.5. The van der Waals surface area contributed by atoms with Gasteiger partial charge in [0.15, 0.2) is 0 Å². The van der Waals surface area contributed by atoms with Gasteiger partial charge in [-0.05, 0) is 55.9 Å². The van der Waals surface area contributed by atoms with Crippen LogP contribution in [0.1, 0.15) is 37.4 Å². The number of ether oxygens (including phenoxy) is 1. The van der Waals surface area contributed by atoms with Gasteiger partial charge in [0.05, 0.1) is 12.8 Å². The van der Waals surface area contributed by atoms with Crippen molar-refractivity contribution in [2.75, 3.05) is 20.2 Å². The van der Waals surface area contributed by atoms with E-state index < -0.39 is 0 Å². The summed E-state index contributed by atoms with van der Waals surface area (Å²) in [6.07, 6.45) is 11.6. The van der Waals surface area contributed by atoms with Crippen molar-refractivity contribution < 1.29 is 9.53 Å². The third kappa shape index (κ3) is 5.51. The maximum atomic E-state index is 13.1. The number of aryl methyl sites for hydroxylation is 2. The minimum Gasteiger partial charge on any atom is -0.481 e. The minimum atomic E-state index is 0.104. The van der Waals surface area contributed by atoms with E-state index in [4.69, 9.17) is 9.84 Å². The van der Waals surface area contributed by atoms with E-state index in [2.05, 4.69) is 55.3 Å². The predicted molar refractivity (Wildman–Crippen MR) is 132 cm³/mol. The van der Waals surface area contributed by atoms with Gasteiger partial charge in [-0.2, -0.15) is 5.10 Å². The molecule has 0 aliphatic carbocycles. The lowest BCUT2D eigenvalue weighted by Crippen LogP contribution is -2.37. The molecule has 1 amide bonds. The number of hydrogen-bond donors (Lipinski definition) is 0. The number of methoxy groups -OCH3 is 1. The monoisotopic (exact) mass is 444 g/mol. The smallest absolute Gasteiger partial charge is 0.244 e. The number of hydrogen-bond acceptors (Lipinski definition) is 4. The van der Waals surface area contributed by atoms with Crippen LogP contribution in [0.4, 0.5) is 0 Å². The second-order valence-electron chi connectivity index (χ2n) is 8.49. The highest BCUT2D eigenvalue weighted by Gasteiger charge is 2.21. The largest absolute Gasteiger partial charge is 0.481 e. The third-order valence-electron chi connectivity index (χ3n) is 6.19. The Morgan fingerprint density at radius 2 is 2.06 bits per heavy atom. The Balaban J connectivity index is 1.45. The fourth-order valence-electron chi connectivity index (χ4n) is 4.30. The van der Waals surface area contributed by atoms with Crippen LogP contribution >= 0.6 is 0 Å². The van der Waals surface area contributed by atoms with Gasteiger partial charge in [-0.1, -0.05) is 42.8 Å². The van der Waals surface area contributed by atoms with Crippen LogP contribution in [0.15, 0.2) is 70.9 Å². The molecule has 0 bridgehead atoms. The van der Waals surface area contributed by atoms with Crippen LogP contribution in [0.2, 0.25) is 0 Å². The van der Waals surface area contributed by atoms with Crippen molar-refractivity contribution in [1.82, 2.24) is 14.7 Å². The maximum absolute atomic E-state index is 13.1. The number of carbonyl (C=O) groups is 1. The maximum Gasteiger partial charge on any atom is 0.244 e. The SMILES string of the molecule is CCc1cc(-c2cccc(C)c2)nn1CC(=O)N1CC=C(C2=CC(OC)=N/C=C\CC2)CC1. The zero-order chi connectivity index (χ0) is 23.2. The summed E-state index contributed by atoms with van der Waals surface area (Å²) < 4.78 is 7.22. The van der Waals surface area contributed by atoms with Crippen LogP contribution in [-0.2, 0) is 22.5 Å². The lowest BCUT2D eigenvalue weighted by Gasteiger charge is -2.28. The predicted octanol–water partition coefficient (Wildman–Crippen LogP) is 4.86. The van der Waals surface area contributed by atoms with E-state index >= 15 is 0 Å². The molecule has 1 aromatic heterocycles. The molecule has 0 saturated heterocycles. The summed E-state index contributed by atoms with van der Waals surface area (Å²) in [5.41, 5.74) is 6.82. The standard InChI is InChI=1S/C27H32N4O2/c1-4-24-18-25(23-10-7-8-20(2)16-23)29-31(24)19-27(32)30-14-11-21(12-15-30)22-9-5-6-13-28-26(17-22)33-3/h6-8,10-11,13,16-18H,4-5,9,12,14-15,19H2,1-3H3/b13-6-,22-17?,28-26?. The highest BCUT2D eigenvalue weighted by atomic mass is 16.5. The van der Waals surface area contributed by atoms with E-state index in [1.165, 1.54) is 16.7 Å². The number of aliphatic imine (C=N–C) groups is 1. The average Bonchev–Trinajstić information content (AvgIpc) is 3.22. The van der Waals surface area contributed by atoms with Crippen LogP contribution in [-0.4, -0.2) is 46.7 Å². The molecule has 2 aromatic rings. The summed E-state index contributed by atoms with van der Waals surface area (Å²) in [7, 11) is 1.64. The number of amides is 1. The Kier molecular flexibility index (Phi) is 7.23. The molecule has 3 heterocycles. The van der Waals surface area contributed by atoms with Crippen molar-refractivity contribution in [3.63, 3.8) is 0 Å². The topological polar surface area (TPSA) is 59.7 Å². The molecule has 4 rings (SSSR count). The van der Waals surface area contributed by atoms with Gasteiger partial charge in [0, 0.05) is 36.6 Å². The van der Waals surface area contributed by atoms with E-state index in [1.54, 1.807) is 13.3 Å². The Bertz CT molecular complexity index is 1140. The number of allylic oxidation sites excluding steroid dienone is 2. The molecule has 33 heavy (non-hydrogen) atoms. The van der Waals surface area contributed by atoms with E-state index in [0.717, 1.165) is 42.6 Å². The highest BCUT2D eigenvalue weighted by Crippen LogP contribution is 2.25. The fraction of sp³-hybridized carbons (Fsp3) is 0.370. The van der Waals surface area contributed by atoms with Gasteiger partial charge in [0.25, 0.3) is 0 Å². The summed E-state index contributed by atoms with van der Waals surface area (Å²) >= 11 is 0. The van der Waals surface area contributed by atoms with Gasteiger partial charge < -0.3 is 9.64 Å². The molecule has 0 spiro atoms. The normalized spacial score (nSPS) is 17.4. The quantitative estimate of drug-likeness (QED) is 0.662. The first kappa shape index (κ1) is 22.8. The molecule has 2 aliphatic heterocycles. The fourth-order valence-corrected chi connectivity index (χ4v) is 4.30. The number of aromatic nitrogens is 2. The zero-order valence-corrected chi connectivity index (χ0v) is 19.8. The number of nitrogens with zero attached hydrogens (tertiary/aromatic N) is 4. The molecule has 0 unspecified atom stereocenters. The van der Waals surface area contributed by atoms with Crippen LogP contribution in [0.25, 0.3) is 11.3 Å². The molecular weight excluding hydrogens is 412 g/mol. The molecule has 2 aliphatic rings. The Morgan fingerprint density at radius 3 is 2.79 bits per heavy atom. The van der Waals surface area contributed by atoms with Crippen LogP contribution < -0.4 is 0 Å². The summed E-state index contributed by atoms with van der Waals surface area (Å²) in [6, 6.07) is 10.4. The lowest BCUT2D eigenvalue weighted by atomic mass is 9.95. The minimum absolute atomic E-state index is 0.104. The van der Waals surface area contributed by atoms with Crippen molar-refractivity contribution in [2.45, 2.75) is 46.1 Å². The zero-order valence-electron chi connectivity index (χ0n) is 19.8. The first-order valence-electron chi connectivity index (χ1n) is 11.7. The van der Waals surface area contributed by atoms with Crippen LogP contribution in [0, 0.1) is 6.92 Å². The molecule has 6 nitrogen and oxygen atoms in total. The van der Waals surface area contributed by atoms with E-state index in [1.807, 2.05) is 21.7 Å². The Labute approximate surface area is 196 Å². The van der Waals surface area contributed by atoms with Gasteiger partial charge in [-0.15, -0.1) is 0 Å². The highest BCUT2D eigenvalue weighted by molar-refractivity contribution is 5.89. The van der Waals surface area contributed by atoms with Crippen molar-refractivity contribution in [3.05, 3.63) is 77.2 Å². The molecule has 172 valence electrons. The summed E-state index contributed by atoms with van der Waals surface area (Å²) in [5.74, 6) is 0.725. The molecule has 1 aromatic carbocycles. The van der Waals surface area contributed by atoms with E-state index in [9.17, 15) is 4.79 Å². The van der Waals surface area contributed by atoms with Crippen molar-refractivity contribution in [3.8, 4) is 11.3 Å². The van der Waals surface area contributed by atoms with Crippen molar-refractivity contribution >= 4 is 11.8 Å². The summed E-state index contributed by atoms with van der Waals surface area (Å²) in [4.78, 5) is 19.3. The van der Waals surface area contributed by atoms with Crippen molar-refractivity contribution in [2.24, 2.45) is 4.99 Å². The van der Waals surface area contributed by atoms with Gasteiger partial charge in [0.2, 0.25) is 11.8 Å². The van der Waals surface area contributed by atoms with Gasteiger partial charge in [-0.25, -0.2) is 4.99 Å². The Hall–Kier alpha value is -3.41. The lowest BCUT2D eigenvalue weighted by molar-refractivity contribution is -0.131. The van der Waals surface area contributed by atoms with Crippen LogP contribution in [0.5, 0.6) is 0 Å². The van der Waals surface area contributed by atoms with Gasteiger partial charge in [0.1, 0.15) is 6.54 Å². The molecule has 6 heteroatoms. The summed E-state index contributed by atoms with van der Waals surface area (Å²) in [6.45, 7) is 5.78.